The first kappa shape index (κ1) is 27.5. The summed E-state index contributed by atoms with van der Waals surface area (Å²) in [5, 5.41) is 14.3. The van der Waals surface area contributed by atoms with E-state index in [1.54, 1.807) is 0 Å². The molecule has 5 rings (SSSR count). The van der Waals surface area contributed by atoms with Crippen molar-refractivity contribution in [3.8, 4) is 0 Å². The number of nitrogens with one attached hydrogen (secondary N) is 4. The number of urea groups is 1. The fourth-order valence-electron chi connectivity index (χ4n) is 7.69. The van der Waals surface area contributed by atoms with E-state index in [2.05, 4.69) is 26.2 Å². The minimum atomic E-state index is -0.656. The SMILES string of the molecule is O=C(NCCCN1CCOCC1)NC1CCC2NC(C3CCC(F)CC3)C(C3CCC(F)CC3)NC2C1. The molecule has 3 saturated carbocycles. The molecule has 5 unspecified atom stereocenters. The lowest BCUT2D eigenvalue weighted by Crippen LogP contribution is -2.71. The third-order valence-electron chi connectivity index (χ3n) is 9.84. The first-order chi connectivity index (χ1) is 18.0. The van der Waals surface area contributed by atoms with Gasteiger partial charge in [0.05, 0.1) is 13.2 Å². The van der Waals surface area contributed by atoms with Gasteiger partial charge in [0.1, 0.15) is 12.3 Å². The number of amides is 2. The fraction of sp³-hybridized carbons (Fsp3) is 0.964. The molecule has 0 aromatic rings. The van der Waals surface area contributed by atoms with Crippen LogP contribution < -0.4 is 21.3 Å². The summed E-state index contributed by atoms with van der Waals surface area (Å²) < 4.78 is 33.2. The second kappa shape index (κ2) is 13.4. The summed E-state index contributed by atoms with van der Waals surface area (Å²) in [7, 11) is 0. The molecule has 0 aromatic carbocycles. The molecule has 2 heterocycles. The maximum absolute atomic E-state index is 13.9. The Labute approximate surface area is 221 Å². The van der Waals surface area contributed by atoms with Gasteiger partial charge in [0.15, 0.2) is 0 Å². The molecule has 3 aliphatic carbocycles. The van der Waals surface area contributed by atoms with Crippen molar-refractivity contribution < 1.29 is 18.3 Å². The van der Waals surface area contributed by atoms with Gasteiger partial charge in [0.25, 0.3) is 0 Å². The summed E-state index contributed by atoms with van der Waals surface area (Å²) in [5.41, 5.74) is 0. The van der Waals surface area contributed by atoms with Gasteiger partial charge in [-0.15, -0.1) is 0 Å². The number of carbonyl (C=O) groups is 1. The number of hydrogen-bond acceptors (Lipinski definition) is 5. The van der Waals surface area contributed by atoms with E-state index in [4.69, 9.17) is 4.74 Å². The van der Waals surface area contributed by atoms with Crippen LogP contribution in [-0.4, -0.2) is 92.9 Å². The average molecular weight is 526 g/mol. The van der Waals surface area contributed by atoms with E-state index in [9.17, 15) is 13.6 Å². The minimum absolute atomic E-state index is 0.0622. The van der Waals surface area contributed by atoms with Gasteiger partial charge < -0.3 is 26.0 Å². The molecule has 0 radical (unpaired) electrons. The average Bonchev–Trinajstić information content (AvgIpc) is 2.92. The molecule has 212 valence electrons. The van der Waals surface area contributed by atoms with Crippen molar-refractivity contribution in [2.75, 3.05) is 39.4 Å². The van der Waals surface area contributed by atoms with Crippen LogP contribution >= 0.6 is 0 Å². The Bertz CT molecular complexity index is 711. The molecular formula is C28H49F2N5O2. The zero-order valence-electron chi connectivity index (χ0n) is 22.4. The number of ether oxygens (including phenoxy) is 1. The molecule has 9 heteroatoms. The number of rotatable bonds is 7. The molecule has 5 aliphatic rings. The fourth-order valence-corrected chi connectivity index (χ4v) is 7.69. The number of halogens is 2. The Morgan fingerprint density at radius 2 is 1.41 bits per heavy atom. The largest absolute Gasteiger partial charge is 0.379 e. The van der Waals surface area contributed by atoms with E-state index in [1.165, 1.54) is 0 Å². The summed E-state index contributed by atoms with van der Waals surface area (Å²) in [6.45, 7) is 5.24. The molecule has 5 atom stereocenters. The quantitative estimate of drug-likeness (QED) is 0.384. The van der Waals surface area contributed by atoms with Crippen LogP contribution in [0.3, 0.4) is 0 Å². The lowest BCUT2D eigenvalue weighted by Gasteiger charge is -2.53. The maximum atomic E-state index is 13.9. The number of hydrogen-bond donors (Lipinski definition) is 4. The van der Waals surface area contributed by atoms with Crippen molar-refractivity contribution in [3.63, 3.8) is 0 Å². The van der Waals surface area contributed by atoms with E-state index in [0.717, 1.165) is 84.2 Å². The first-order valence-corrected chi connectivity index (χ1v) is 15.2. The smallest absolute Gasteiger partial charge is 0.315 e. The highest BCUT2D eigenvalue weighted by atomic mass is 19.1. The van der Waals surface area contributed by atoms with E-state index in [-0.39, 0.29) is 12.1 Å². The van der Waals surface area contributed by atoms with Gasteiger partial charge in [-0.3, -0.25) is 4.90 Å². The molecule has 0 bridgehead atoms. The van der Waals surface area contributed by atoms with Crippen LogP contribution in [0.5, 0.6) is 0 Å². The van der Waals surface area contributed by atoms with Crippen LogP contribution in [0, 0.1) is 11.8 Å². The molecule has 0 aromatic heterocycles. The van der Waals surface area contributed by atoms with Crippen molar-refractivity contribution in [3.05, 3.63) is 0 Å². The van der Waals surface area contributed by atoms with E-state index < -0.39 is 12.3 Å². The lowest BCUT2D eigenvalue weighted by atomic mass is 9.70. The molecule has 2 aliphatic heterocycles. The standard InChI is InChI=1S/C28H49F2N5O2/c29-21-6-2-19(3-7-21)26-27(20-4-8-22(30)9-5-20)34-25-18-23(10-11-24(25)33-26)32-28(36)31-12-1-13-35-14-16-37-17-15-35/h19-27,33-34H,1-18H2,(H2,31,32,36). The van der Waals surface area contributed by atoms with E-state index >= 15 is 0 Å². The summed E-state index contributed by atoms with van der Waals surface area (Å²) in [6.07, 6.45) is 8.99. The van der Waals surface area contributed by atoms with Crippen molar-refractivity contribution in [2.45, 2.75) is 120 Å². The first-order valence-electron chi connectivity index (χ1n) is 15.2. The van der Waals surface area contributed by atoms with E-state index in [0.29, 0.717) is 68.2 Å². The van der Waals surface area contributed by atoms with Crippen molar-refractivity contribution in [1.29, 1.82) is 0 Å². The predicted molar refractivity (Wildman–Crippen MR) is 141 cm³/mol. The third kappa shape index (κ3) is 7.55. The van der Waals surface area contributed by atoms with E-state index in [1.807, 2.05) is 0 Å². The Hall–Kier alpha value is -1.03. The summed E-state index contributed by atoms with van der Waals surface area (Å²) in [5.74, 6) is 0.962. The summed E-state index contributed by atoms with van der Waals surface area (Å²) >= 11 is 0. The van der Waals surface area contributed by atoms with Gasteiger partial charge in [-0.2, -0.15) is 0 Å². The van der Waals surface area contributed by atoms with Gasteiger partial charge in [-0.05, 0) is 95.4 Å². The summed E-state index contributed by atoms with van der Waals surface area (Å²) in [4.78, 5) is 15.0. The van der Waals surface area contributed by atoms with Crippen molar-refractivity contribution in [1.82, 2.24) is 26.2 Å². The molecule has 37 heavy (non-hydrogen) atoms. The number of carbonyl (C=O) groups excluding carboxylic acids is 1. The van der Waals surface area contributed by atoms with Crippen molar-refractivity contribution >= 4 is 6.03 Å². The van der Waals surface area contributed by atoms with Crippen LogP contribution in [0.1, 0.15) is 77.0 Å². The van der Waals surface area contributed by atoms with Crippen LogP contribution in [0.2, 0.25) is 0 Å². The van der Waals surface area contributed by atoms with Gasteiger partial charge in [0.2, 0.25) is 0 Å². The zero-order valence-corrected chi connectivity index (χ0v) is 22.4. The predicted octanol–water partition coefficient (Wildman–Crippen LogP) is 3.28. The molecule has 5 fully saturated rings. The molecule has 2 amide bonds. The van der Waals surface area contributed by atoms with Crippen molar-refractivity contribution in [2.24, 2.45) is 11.8 Å². The molecule has 2 saturated heterocycles. The van der Waals surface area contributed by atoms with Gasteiger partial charge in [0, 0.05) is 49.8 Å². The Morgan fingerprint density at radius 3 is 2.03 bits per heavy atom. The monoisotopic (exact) mass is 525 g/mol. The second-order valence-corrected chi connectivity index (χ2v) is 12.3. The third-order valence-corrected chi connectivity index (χ3v) is 9.84. The number of nitrogens with zero attached hydrogens (tertiary/aromatic N) is 1. The van der Waals surface area contributed by atoms with Gasteiger partial charge >= 0.3 is 6.03 Å². The molecule has 4 N–H and O–H groups in total. The number of morpholine rings is 1. The zero-order chi connectivity index (χ0) is 25.6. The maximum Gasteiger partial charge on any atom is 0.315 e. The van der Waals surface area contributed by atoms with Crippen LogP contribution in [0.4, 0.5) is 13.6 Å². The normalized spacial score (nSPS) is 41.5. The van der Waals surface area contributed by atoms with Crippen LogP contribution in [0.25, 0.3) is 0 Å². The van der Waals surface area contributed by atoms with Gasteiger partial charge in [-0.1, -0.05) is 0 Å². The van der Waals surface area contributed by atoms with Crippen LogP contribution in [-0.2, 0) is 4.74 Å². The highest BCUT2D eigenvalue weighted by Crippen LogP contribution is 2.39. The Kier molecular flexibility index (Phi) is 9.94. The number of alkyl halides is 2. The number of fused-ring (bicyclic) bond motifs is 1. The Balaban J connectivity index is 1.11. The Morgan fingerprint density at radius 1 is 0.811 bits per heavy atom. The molecular weight excluding hydrogens is 476 g/mol. The second-order valence-electron chi connectivity index (χ2n) is 12.3. The minimum Gasteiger partial charge on any atom is -0.379 e. The highest BCUT2D eigenvalue weighted by molar-refractivity contribution is 5.74. The molecule has 7 nitrogen and oxygen atoms in total. The van der Waals surface area contributed by atoms with Gasteiger partial charge in [-0.25, -0.2) is 13.6 Å². The number of piperazine rings is 1. The molecule has 0 spiro atoms. The summed E-state index contributed by atoms with van der Waals surface area (Å²) in [6, 6.07) is 1.44. The lowest BCUT2D eigenvalue weighted by molar-refractivity contribution is 0.0375. The van der Waals surface area contributed by atoms with Crippen LogP contribution in [0.15, 0.2) is 0 Å². The highest BCUT2D eigenvalue weighted by Gasteiger charge is 2.46. The topological polar surface area (TPSA) is 77.7 Å².